The number of rotatable bonds is 6. The lowest BCUT2D eigenvalue weighted by Crippen LogP contribution is -2.05. The SMILES string of the molecule is CCOC(=O)CCc1cccc(Oc2ccc(F)cc2)c1. The summed E-state index contributed by atoms with van der Waals surface area (Å²) in [7, 11) is 0. The molecule has 2 aromatic carbocycles. The van der Waals surface area contributed by atoms with Gasteiger partial charge in [0.15, 0.2) is 0 Å². The van der Waals surface area contributed by atoms with Crippen LogP contribution in [-0.4, -0.2) is 12.6 Å². The lowest BCUT2D eigenvalue weighted by molar-refractivity contribution is -0.143. The molecule has 110 valence electrons. The van der Waals surface area contributed by atoms with Gasteiger partial charge in [-0.1, -0.05) is 12.1 Å². The number of esters is 1. The van der Waals surface area contributed by atoms with Gasteiger partial charge < -0.3 is 9.47 Å². The molecule has 0 radical (unpaired) electrons. The van der Waals surface area contributed by atoms with Gasteiger partial charge in [-0.25, -0.2) is 4.39 Å². The number of carbonyl (C=O) groups excluding carboxylic acids is 1. The average Bonchev–Trinajstić information content (AvgIpc) is 2.48. The molecule has 0 saturated heterocycles. The summed E-state index contributed by atoms with van der Waals surface area (Å²) in [6.07, 6.45) is 0.938. The first-order valence-corrected chi connectivity index (χ1v) is 6.85. The molecule has 0 saturated carbocycles. The first-order valence-electron chi connectivity index (χ1n) is 6.85. The zero-order valence-corrected chi connectivity index (χ0v) is 11.8. The molecular weight excluding hydrogens is 271 g/mol. The molecule has 0 amide bonds. The lowest BCUT2D eigenvalue weighted by atomic mass is 10.1. The smallest absolute Gasteiger partial charge is 0.306 e. The van der Waals surface area contributed by atoms with E-state index in [1.54, 1.807) is 19.1 Å². The van der Waals surface area contributed by atoms with Gasteiger partial charge in [0.1, 0.15) is 17.3 Å². The van der Waals surface area contributed by atoms with Crippen LogP contribution in [0, 0.1) is 5.82 Å². The highest BCUT2D eigenvalue weighted by atomic mass is 19.1. The van der Waals surface area contributed by atoms with Gasteiger partial charge >= 0.3 is 5.97 Å². The van der Waals surface area contributed by atoms with Gasteiger partial charge in [0.05, 0.1) is 6.61 Å². The van der Waals surface area contributed by atoms with Crippen LogP contribution < -0.4 is 4.74 Å². The molecule has 4 heteroatoms. The summed E-state index contributed by atoms with van der Waals surface area (Å²) in [4.78, 5) is 11.3. The van der Waals surface area contributed by atoms with E-state index < -0.39 is 0 Å². The van der Waals surface area contributed by atoms with Crippen molar-refractivity contribution in [1.82, 2.24) is 0 Å². The van der Waals surface area contributed by atoms with Crippen LogP contribution in [0.2, 0.25) is 0 Å². The van der Waals surface area contributed by atoms with Crippen LogP contribution in [0.1, 0.15) is 18.9 Å². The van der Waals surface area contributed by atoms with Crippen molar-refractivity contribution in [2.45, 2.75) is 19.8 Å². The Kier molecular flexibility index (Phi) is 5.32. The number of hydrogen-bond acceptors (Lipinski definition) is 3. The molecular formula is C17H17FO3. The fourth-order valence-corrected chi connectivity index (χ4v) is 1.88. The molecule has 0 aliphatic heterocycles. The van der Waals surface area contributed by atoms with Crippen LogP contribution in [0.5, 0.6) is 11.5 Å². The van der Waals surface area contributed by atoms with Crippen molar-refractivity contribution in [2.75, 3.05) is 6.61 Å². The Morgan fingerprint density at radius 2 is 1.86 bits per heavy atom. The van der Waals surface area contributed by atoms with Gasteiger partial charge in [-0.2, -0.15) is 0 Å². The van der Waals surface area contributed by atoms with E-state index in [9.17, 15) is 9.18 Å². The molecule has 0 heterocycles. The van der Waals surface area contributed by atoms with E-state index in [1.165, 1.54) is 12.1 Å². The second kappa shape index (κ2) is 7.43. The third kappa shape index (κ3) is 4.91. The van der Waals surface area contributed by atoms with Crippen molar-refractivity contribution < 1.29 is 18.7 Å². The maximum absolute atomic E-state index is 12.8. The standard InChI is InChI=1S/C17H17FO3/c1-2-20-17(19)11-6-13-4-3-5-16(12-13)21-15-9-7-14(18)8-10-15/h3-5,7-10,12H,2,6,11H2,1H3. The normalized spacial score (nSPS) is 10.2. The van der Waals surface area contributed by atoms with Gasteiger partial charge in [0.25, 0.3) is 0 Å². The molecule has 0 aromatic heterocycles. The highest BCUT2D eigenvalue weighted by Gasteiger charge is 2.04. The molecule has 2 aromatic rings. The monoisotopic (exact) mass is 288 g/mol. The number of ether oxygens (including phenoxy) is 2. The highest BCUT2D eigenvalue weighted by Crippen LogP contribution is 2.22. The van der Waals surface area contributed by atoms with Crippen LogP contribution in [0.15, 0.2) is 48.5 Å². The van der Waals surface area contributed by atoms with Gasteiger partial charge in [-0.3, -0.25) is 4.79 Å². The molecule has 2 rings (SSSR count). The summed E-state index contributed by atoms with van der Waals surface area (Å²) >= 11 is 0. The number of carbonyl (C=O) groups is 1. The first kappa shape index (κ1) is 15.0. The summed E-state index contributed by atoms with van der Waals surface area (Å²) in [5.41, 5.74) is 0.989. The molecule has 0 N–H and O–H groups in total. The van der Waals surface area contributed by atoms with Crippen LogP contribution in [-0.2, 0) is 16.0 Å². The summed E-state index contributed by atoms with van der Waals surface area (Å²) < 4.78 is 23.4. The largest absolute Gasteiger partial charge is 0.466 e. The Morgan fingerprint density at radius 1 is 1.10 bits per heavy atom. The second-order valence-electron chi connectivity index (χ2n) is 4.51. The van der Waals surface area contributed by atoms with Crippen molar-refractivity contribution >= 4 is 5.97 Å². The second-order valence-corrected chi connectivity index (χ2v) is 4.51. The molecule has 0 bridgehead atoms. The summed E-state index contributed by atoms with van der Waals surface area (Å²) in [5, 5.41) is 0. The van der Waals surface area contributed by atoms with Crippen molar-refractivity contribution in [2.24, 2.45) is 0 Å². The van der Waals surface area contributed by atoms with Crippen LogP contribution in [0.3, 0.4) is 0 Å². The predicted octanol–water partition coefficient (Wildman–Crippen LogP) is 4.11. The fourth-order valence-electron chi connectivity index (χ4n) is 1.88. The molecule has 0 fully saturated rings. The van der Waals surface area contributed by atoms with Crippen molar-refractivity contribution in [3.63, 3.8) is 0 Å². The van der Waals surface area contributed by atoms with Gasteiger partial charge in [0, 0.05) is 6.42 Å². The Balaban J connectivity index is 1.97. The van der Waals surface area contributed by atoms with Gasteiger partial charge in [-0.05, 0) is 55.3 Å². The van der Waals surface area contributed by atoms with Gasteiger partial charge in [-0.15, -0.1) is 0 Å². The van der Waals surface area contributed by atoms with Crippen LogP contribution in [0.4, 0.5) is 4.39 Å². The number of aryl methyl sites for hydroxylation is 1. The summed E-state index contributed by atoms with van der Waals surface area (Å²) in [6.45, 7) is 2.18. The zero-order chi connectivity index (χ0) is 15.1. The molecule has 0 atom stereocenters. The van der Waals surface area contributed by atoms with Crippen molar-refractivity contribution in [3.05, 3.63) is 59.9 Å². The van der Waals surface area contributed by atoms with E-state index in [0.717, 1.165) is 5.56 Å². The Bertz CT molecular complexity index is 593. The predicted molar refractivity (Wildman–Crippen MR) is 77.9 cm³/mol. The average molecular weight is 288 g/mol. The topological polar surface area (TPSA) is 35.5 Å². The molecule has 0 aliphatic carbocycles. The molecule has 3 nitrogen and oxygen atoms in total. The number of benzene rings is 2. The minimum absolute atomic E-state index is 0.206. The van der Waals surface area contributed by atoms with E-state index in [2.05, 4.69) is 0 Å². The Morgan fingerprint density at radius 3 is 2.57 bits per heavy atom. The maximum Gasteiger partial charge on any atom is 0.306 e. The van der Waals surface area contributed by atoms with Crippen LogP contribution >= 0.6 is 0 Å². The molecule has 21 heavy (non-hydrogen) atoms. The number of halogens is 1. The quantitative estimate of drug-likeness (QED) is 0.750. The molecule has 0 spiro atoms. The van der Waals surface area contributed by atoms with E-state index in [-0.39, 0.29) is 11.8 Å². The minimum Gasteiger partial charge on any atom is -0.466 e. The maximum atomic E-state index is 12.8. The Hall–Kier alpha value is -2.36. The van der Waals surface area contributed by atoms with Gasteiger partial charge in [0.2, 0.25) is 0 Å². The van der Waals surface area contributed by atoms with E-state index in [4.69, 9.17) is 9.47 Å². The zero-order valence-electron chi connectivity index (χ0n) is 11.8. The third-order valence-corrected chi connectivity index (χ3v) is 2.87. The van der Waals surface area contributed by atoms with Crippen LogP contribution in [0.25, 0.3) is 0 Å². The molecule has 0 unspecified atom stereocenters. The minimum atomic E-state index is -0.300. The Labute approximate surface area is 123 Å². The third-order valence-electron chi connectivity index (χ3n) is 2.87. The number of hydrogen-bond donors (Lipinski definition) is 0. The first-order chi connectivity index (χ1) is 10.2. The van der Waals surface area contributed by atoms with E-state index in [1.807, 2.05) is 24.3 Å². The fraction of sp³-hybridized carbons (Fsp3) is 0.235. The van der Waals surface area contributed by atoms with Crippen molar-refractivity contribution in [3.8, 4) is 11.5 Å². The lowest BCUT2D eigenvalue weighted by Gasteiger charge is -2.07. The highest BCUT2D eigenvalue weighted by molar-refractivity contribution is 5.69. The van der Waals surface area contributed by atoms with Crippen molar-refractivity contribution in [1.29, 1.82) is 0 Å². The van der Waals surface area contributed by atoms with E-state index >= 15 is 0 Å². The summed E-state index contributed by atoms with van der Waals surface area (Å²) in [5.74, 6) is 0.717. The van der Waals surface area contributed by atoms with E-state index in [0.29, 0.717) is 30.9 Å². The molecule has 0 aliphatic rings. The summed E-state index contributed by atoms with van der Waals surface area (Å²) in [6, 6.07) is 13.3.